The summed E-state index contributed by atoms with van der Waals surface area (Å²) in [5, 5.41) is 3.71. The van der Waals surface area contributed by atoms with Gasteiger partial charge in [-0.3, -0.25) is 9.59 Å². The zero-order valence-electron chi connectivity index (χ0n) is 15.9. The van der Waals surface area contributed by atoms with Crippen LogP contribution >= 0.6 is 11.3 Å². The minimum absolute atomic E-state index is 0.0503. The number of benzene rings is 1. The molecule has 1 unspecified atom stereocenters. The summed E-state index contributed by atoms with van der Waals surface area (Å²) in [6, 6.07) is 15.2. The topological polar surface area (TPSA) is 88.3 Å². The van der Waals surface area contributed by atoms with Crippen LogP contribution in [0, 0.1) is 5.92 Å². The number of hydrogen-bond donors (Lipinski definition) is 1. The van der Waals surface area contributed by atoms with Crippen molar-refractivity contribution in [3.8, 4) is 10.6 Å². The normalized spacial score (nSPS) is 16.3. The molecule has 1 fully saturated rings. The summed E-state index contributed by atoms with van der Waals surface area (Å²) in [5.74, 6) is 0.507. The number of hydrogen-bond acceptors (Lipinski definition) is 6. The molecule has 0 saturated carbocycles. The first-order valence-corrected chi connectivity index (χ1v) is 10.4. The van der Waals surface area contributed by atoms with Gasteiger partial charge in [-0.1, -0.05) is 12.1 Å². The minimum Gasteiger partial charge on any atom is -0.467 e. The van der Waals surface area contributed by atoms with E-state index < -0.39 is 5.92 Å². The molecule has 7 nitrogen and oxygen atoms in total. The fraction of sp³-hybridized carbons (Fsp3) is 0.182. The second-order valence-corrected chi connectivity index (χ2v) is 8.19. The lowest BCUT2D eigenvalue weighted by molar-refractivity contribution is -0.128. The number of fused-ring (bicyclic) bond motifs is 1. The van der Waals surface area contributed by atoms with Crippen LogP contribution in [0.1, 0.15) is 12.2 Å². The predicted octanol–water partition coefficient (Wildman–Crippen LogP) is 3.94. The van der Waals surface area contributed by atoms with Gasteiger partial charge in [-0.25, -0.2) is 9.97 Å². The average Bonchev–Trinajstić information content (AvgIpc) is 3.49. The summed E-state index contributed by atoms with van der Waals surface area (Å²) in [6.07, 6.45) is 3.47. The molecule has 150 valence electrons. The number of thiazole rings is 1. The van der Waals surface area contributed by atoms with Crippen molar-refractivity contribution in [3.63, 3.8) is 0 Å². The van der Waals surface area contributed by atoms with Crippen molar-refractivity contribution < 1.29 is 14.0 Å². The maximum absolute atomic E-state index is 12.6. The number of nitrogens with zero attached hydrogens (tertiary/aromatic N) is 3. The molecule has 1 aliphatic rings. The Hall–Kier alpha value is -3.52. The fourth-order valence-electron chi connectivity index (χ4n) is 3.51. The highest BCUT2D eigenvalue weighted by molar-refractivity contribution is 7.21. The van der Waals surface area contributed by atoms with E-state index in [1.165, 1.54) is 0 Å². The SMILES string of the molecule is O=C(Nc1ccc(-c2nc3ccccc3s2)cn1)C1CC(=O)N(Cc2ccco2)C1. The van der Waals surface area contributed by atoms with Crippen LogP contribution in [0.4, 0.5) is 5.82 Å². The van der Waals surface area contributed by atoms with Gasteiger partial charge in [0, 0.05) is 24.7 Å². The maximum Gasteiger partial charge on any atom is 0.230 e. The van der Waals surface area contributed by atoms with Crippen molar-refractivity contribution in [1.29, 1.82) is 0 Å². The molecule has 8 heteroatoms. The van der Waals surface area contributed by atoms with Gasteiger partial charge in [0.05, 0.1) is 28.9 Å². The third-order valence-corrected chi connectivity index (χ3v) is 6.15. The zero-order valence-corrected chi connectivity index (χ0v) is 16.8. The standard InChI is InChI=1S/C22H18N4O3S/c27-20-10-15(12-26(20)13-16-4-3-9-29-16)21(28)25-19-8-7-14(11-23-19)22-24-17-5-1-2-6-18(17)30-22/h1-9,11,15H,10,12-13H2,(H,23,25,28). The van der Waals surface area contributed by atoms with Crippen molar-refractivity contribution in [1.82, 2.24) is 14.9 Å². The van der Waals surface area contributed by atoms with Crippen LogP contribution < -0.4 is 5.32 Å². The van der Waals surface area contributed by atoms with E-state index in [1.54, 1.807) is 40.8 Å². The highest BCUT2D eigenvalue weighted by atomic mass is 32.1. The smallest absolute Gasteiger partial charge is 0.230 e. The molecule has 3 aromatic heterocycles. The Labute approximate surface area is 176 Å². The van der Waals surface area contributed by atoms with Gasteiger partial charge in [-0.15, -0.1) is 11.3 Å². The lowest BCUT2D eigenvalue weighted by Crippen LogP contribution is -2.28. The molecule has 2 amide bonds. The van der Waals surface area contributed by atoms with E-state index in [1.807, 2.05) is 36.4 Å². The van der Waals surface area contributed by atoms with Crippen LogP contribution in [0.5, 0.6) is 0 Å². The lowest BCUT2D eigenvalue weighted by Gasteiger charge is -2.15. The molecule has 0 aliphatic carbocycles. The number of likely N-dealkylation sites (tertiary alicyclic amines) is 1. The fourth-order valence-corrected chi connectivity index (χ4v) is 4.47. The number of carbonyl (C=O) groups excluding carboxylic acids is 2. The molecule has 1 atom stereocenters. The van der Waals surface area contributed by atoms with E-state index >= 15 is 0 Å². The van der Waals surface area contributed by atoms with Crippen molar-refractivity contribution in [3.05, 3.63) is 66.8 Å². The van der Waals surface area contributed by atoms with Crippen LogP contribution in [-0.4, -0.2) is 33.2 Å². The molecule has 0 spiro atoms. The first-order chi connectivity index (χ1) is 14.7. The molecule has 1 saturated heterocycles. The van der Waals surface area contributed by atoms with Crippen molar-refractivity contribution in [2.75, 3.05) is 11.9 Å². The minimum atomic E-state index is -0.404. The van der Waals surface area contributed by atoms with Crippen molar-refractivity contribution in [2.24, 2.45) is 5.92 Å². The summed E-state index contributed by atoms with van der Waals surface area (Å²) in [6.45, 7) is 0.750. The van der Waals surface area contributed by atoms with E-state index in [0.717, 1.165) is 20.8 Å². The summed E-state index contributed by atoms with van der Waals surface area (Å²) >= 11 is 1.60. The molecule has 4 heterocycles. The second kappa shape index (κ2) is 7.72. The number of para-hydroxylation sites is 1. The Balaban J connectivity index is 1.23. The van der Waals surface area contributed by atoms with Gasteiger partial charge in [0.2, 0.25) is 11.8 Å². The van der Waals surface area contributed by atoms with Crippen molar-refractivity contribution >= 4 is 39.2 Å². The third kappa shape index (κ3) is 3.69. The zero-order chi connectivity index (χ0) is 20.5. The Morgan fingerprint density at radius 1 is 1.20 bits per heavy atom. The summed E-state index contributed by atoms with van der Waals surface area (Å²) < 4.78 is 6.41. The monoisotopic (exact) mass is 418 g/mol. The second-order valence-electron chi connectivity index (χ2n) is 7.16. The summed E-state index contributed by atoms with van der Waals surface area (Å²) in [5.41, 5.74) is 1.86. The van der Waals surface area contributed by atoms with Crippen LogP contribution in [0.2, 0.25) is 0 Å². The molecular formula is C22H18N4O3S. The van der Waals surface area contributed by atoms with Gasteiger partial charge >= 0.3 is 0 Å². The Morgan fingerprint density at radius 2 is 2.10 bits per heavy atom. The van der Waals surface area contributed by atoms with Crippen LogP contribution in [0.3, 0.4) is 0 Å². The maximum atomic E-state index is 12.6. The van der Waals surface area contributed by atoms with Gasteiger partial charge in [0.25, 0.3) is 0 Å². The van der Waals surface area contributed by atoms with E-state index in [0.29, 0.717) is 24.7 Å². The number of anilines is 1. The average molecular weight is 418 g/mol. The number of nitrogens with one attached hydrogen (secondary N) is 1. The van der Waals surface area contributed by atoms with Gasteiger partial charge in [0.1, 0.15) is 16.6 Å². The molecule has 1 aliphatic heterocycles. The van der Waals surface area contributed by atoms with E-state index in [9.17, 15) is 9.59 Å². The number of carbonyl (C=O) groups is 2. The molecule has 1 N–H and O–H groups in total. The molecule has 30 heavy (non-hydrogen) atoms. The predicted molar refractivity (Wildman–Crippen MR) is 114 cm³/mol. The first-order valence-electron chi connectivity index (χ1n) is 9.59. The molecule has 1 aromatic carbocycles. The van der Waals surface area contributed by atoms with Crippen molar-refractivity contribution in [2.45, 2.75) is 13.0 Å². The van der Waals surface area contributed by atoms with Gasteiger partial charge in [0.15, 0.2) is 0 Å². The van der Waals surface area contributed by atoms with Crippen LogP contribution in [0.15, 0.2) is 65.4 Å². The Bertz CT molecular complexity index is 1170. The van der Waals surface area contributed by atoms with E-state index in [2.05, 4.69) is 15.3 Å². The highest BCUT2D eigenvalue weighted by Gasteiger charge is 2.34. The molecule has 0 bridgehead atoms. The van der Waals surface area contributed by atoms with E-state index in [-0.39, 0.29) is 18.2 Å². The highest BCUT2D eigenvalue weighted by Crippen LogP contribution is 2.30. The quantitative estimate of drug-likeness (QED) is 0.530. The number of furan rings is 1. The summed E-state index contributed by atoms with van der Waals surface area (Å²) in [7, 11) is 0. The number of amides is 2. The summed E-state index contributed by atoms with van der Waals surface area (Å²) in [4.78, 5) is 35.5. The number of rotatable bonds is 5. The van der Waals surface area contributed by atoms with Crippen LogP contribution in [0.25, 0.3) is 20.8 Å². The first kappa shape index (κ1) is 18.5. The van der Waals surface area contributed by atoms with Crippen LogP contribution in [-0.2, 0) is 16.1 Å². The number of aromatic nitrogens is 2. The third-order valence-electron chi connectivity index (χ3n) is 5.07. The molecule has 5 rings (SSSR count). The number of pyridine rings is 1. The van der Waals surface area contributed by atoms with Gasteiger partial charge in [-0.05, 0) is 36.4 Å². The van der Waals surface area contributed by atoms with E-state index in [4.69, 9.17) is 4.42 Å². The molecule has 4 aromatic rings. The largest absolute Gasteiger partial charge is 0.467 e. The lowest BCUT2D eigenvalue weighted by atomic mass is 10.1. The Kier molecular flexibility index (Phi) is 4.76. The molecule has 0 radical (unpaired) electrons. The Morgan fingerprint density at radius 3 is 2.87 bits per heavy atom. The van der Waals surface area contributed by atoms with Gasteiger partial charge in [-0.2, -0.15) is 0 Å². The molecular weight excluding hydrogens is 400 g/mol. The van der Waals surface area contributed by atoms with Gasteiger partial charge < -0.3 is 14.6 Å².